The molecule has 7 heteroatoms. The summed E-state index contributed by atoms with van der Waals surface area (Å²) in [6, 6.07) is 14.5. The third kappa shape index (κ3) is 4.59. The highest BCUT2D eigenvalue weighted by atomic mass is 19.4. The maximum absolute atomic E-state index is 13.0. The van der Waals surface area contributed by atoms with E-state index in [0.717, 1.165) is 6.07 Å². The van der Waals surface area contributed by atoms with Crippen molar-refractivity contribution in [3.05, 3.63) is 65.7 Å². The van der Waals surface area contributed by atoms with Gasteiger partial charge in [0.25, 0.3) is 5.91 Å². The van der Waals surface area contributed by atoms with Gasteiger partial charge in [-0.1, -0.05) is 36.4 Å². The van der Waals surface area contributed by atoms with Gasteiger partial charge in [-0.25, -0.2) is 0 Å². The van der Waals surface area contributed by atoms with Crippen molar-refractivity contribution in [1.29, 1.82) is 0 Å². The summed E-state index contributed by atoms with van der Waals surface area (Å²) >= 11 is 0. The van der Waals surface area contributed by atoms with Crippen molar-refractivity contribution in [3.8, 4) is 0 Å². The molecular weight excluding hydrogens is 369 g/mol. The Balaban J connectivity index is 1.48. The zero-order valence-electron chi connectivity index (χ0n) is 15.2. The Bertz CT molecular complexity index is 837. The second-order valence-corrected chi connectivity index (χ2v) is 6.78. The summed E-state index contributed by atoms with van der Waals surface area (Å²) in [4.78, 5) is 25.8. The molecule has 1 fully saturated rings. The lowest BCUT2D eigenvalue weighted by Gasteiger charge is -2.15. The van der Waals surface area contributed by atoms with Crippen LogP contribution in [-0.2, 0) is 22.2 Å². The molecule has 0 aliphatic carbocycles. The Labute approximate surface area is 161 Å². The summed E-state index contributed by atoms with van der Waals surface area (Å²) in [6.07, 6.45) is -3.57. The van der Waals surface area contributed by atoms with E-state index in [-0.39, 0.29) is 12.0 Å². The predicted octanol–water partition coefficient (Wildman–Crippen LogP) is 3.46. The molecule has 0 aromatic heterocycles. The van der Waals surface area contributed by atoms with Gasteiger partial charge in [0.2, 0.25) is 5.78 Å². The van der Waals surface area contributed by atoms with Crippen molar-refractivity contribution in [2.45, 2.75) is 19.0 Å². The molecule has 4 nitrogen and oxygen atoms in total. The number of amides is 1. The zero-order chi connectivity index (χ0) is 20.1. The molecule has 1 saturated heterocycles. The maximum Gasteiger partial charge on any atom is 0.416 e. The number of para-hydroxylation sites is 1. The van der Waals surface area contributed by atoms with E-state index in [0.29, 0.717) is 31.7 Å². The van der Waals surface area contributed by atoms with Crippen LogP contribution in [0.1, 0.15) is 17.5 Å². The molecule has 148 valence electrons. The number of rotatable bonds is 7. The monoisotopic (exact) mass is 390 g/mol. The first-order valence-corrected chi connectivity index (χ1v) is 9.14. The van der Waals surface area contributed by atoms with Gasteiger partial charge in [0, 0.05) is 18.8 Å². The molecule has 0 radical (unpaired) electrons. The first kappa shape index (κ1) is 20.1. The highest BCUT2D eigenvalue weighted by Gasteiger charge is 2.39. The van der Waals surface area contributed by atoms with Gasteiger partial charge in [-0.05, 0) is 43.1 Å². The molecule has 0 spiro atoms. The first-order chi connectivity index (χ1) is 13.4. The zero-order valence-corrected chi connectivity index (χ0v) is 15.2. The molecule has 1 aliphatic heterocycles. The molecular formula is C21H21F3N2O2. The van der Waals surface area contributed by atoms with E-state index in [1.807, 2.05) is 6.07 Å². The Hall–Kier alpha value is -2.67. The van der Waals surface area contributed by atoms with Crippen molar-refractivity contribution in [1.82, 2.24) is 5.32 Å². The number of nitrogens with zero attached hydrogens (tertiary/aromatic N) is 1. The maximum atomic E-state index is 13.0. The average Bonchev–Trinajstić information content (AvgIpc) is 2.96. The lowest BCUT2D eigenvalue weighted by Crippen LogP contribution is -2.29. The van der Waals surface area contributed by atoms with Crippen molar-refractivity contribution in [3.63, 3.8) is 0 Å². The van der Waals surface area contributed by atoms with Gasteiger partial charge in [0.15, 0.2) is 0 Å². The number of alkyl halides is 3. The van der Waals surface area contributed by atoms with Crippen LogP contribution < -0.4 is 10.2 Å². The van der Waals surface area contributed by atoms with E-state index < -0.39 is 29.3 Å². The van der Waals surface area contributed by atoms with Crippen LogP contribution in [0, 0.1) is 5.92 Å². The Morgan fingerprint density at radius 2 is 1.68 bits per heavy atom. The third-order valence-corrected chi connectivity index (χ3v) is 4.81. The second kappa shape index (κ2) is 8.56. The number of hydrogen-bond donors (Lipinski definition) is 1. The van der Waals surface area contributed by atoms with Crippen molar-refractivity contribution < 1.29 is 22.8 Å². The number of Topliss-reactive ketones (excluding diaryl/α,β-unsaturated/α-hetero) is 1. The number of ketones is 1. The Kier molecular flexibility index (Phi) is 6.14. The topological polar surface area (TPSA) is 49.4 Å². The van der Waals surface area contributed by atoms with Crippen LogP contribution in [-0.4, -0.2) is 31.3 Å². The highest BCUT2D eigenvalue weighted by Crippen LogP contribution is 2.32. The van der Waals surface area contributed by atoms with Crippen molar-refractivity contribution in [2.24, 2.45) is 5.92 Å². The van der Waals surface area contributed by atoms with Crippen LogP contribution >= 0.6 is 0 Å². The van der Waals surface area contributed by atoms with Gasteiger partial charge in [0.1, 0.15) is 0 Å². The lowest BCUT2D eigenvalue weighted by molar-refractivity contribution is -0.138. The van der Waals surface area contributed by atoms with Crippen LogP contribution in [0.25, 0.3) is 0 Å². The van der Waals surface area contributed by atoms with Crippen LogP contribution in [0.15, 0.2) is 54.6 Å². The fourth-order valence-corrected chi connectivity index (χ4v) is 3.38. The normalized spacial score (nSPS) is 17.4. The van der Waals surface area contributed by atoms with E-state index in [4.69, 9.17) is 0 Å². The van der Waals surface area contributed by atoms with E-state index in [9.17, 15) is 22.8 Å². The molecule has 0 bridgehead atoms. The molecule has 3 rings (SSSR count). The van der Waals surface area contributed by atoms with Gasteiger partial charge in [-0.3, -0.25) is 9.59 Å². The van der Waals surface area contributed by atoms with Crippen molar-refractivity contribution in [2.75, 3.05) is 24.5 Å². The van der Waals surface area contributed by atoms with Crippen LogP contribution in [0.2, 0.25) is 0 Å². The molecule has 1 unspecified atom stereocenters. The molecule has 28 heavy (non-hydrogen) atoms. The molecule has 1 N–H and O–H groups in total. The Morgan fingerprint density at radius 3 is 2.39 bits per heavy atom. The molecule has 1 aliphatic rings. The number of anilines is 1. The Morgan fingerprint density at radius 1 is 1.00 bits per heavy atom. The number of aryl methyl sites for hydroxylation is 1. The number of nitrogens with one attached hydrogen (secondary N) is 1. The quantitative estimate of drug-likeness (QED) is 0.582. The van der Waals surface area contributed by atoms with Crippen LogP contribution in [0.4, 0.5) is 18.9 Å². The smallest absolute Gasteiger partial charge is 0.316 e. The molecule has 2 aromatic rings. The molecule has 1 atom stereocenters. The predicted molar refractivity (Wildman–Crippen MR) is 99.9 cm³/mol. The minimum Gasteiger partial charge on any atom is -0.316 e. The fourth-order valence-electron chi connectivity index (χ4n) is 3.38. The SMILES string of the molecule is O=C1C(=O)N(c2ccccc2)CC1CNCCCc1ccccc1C(F)(F)F. The summed E-state index contributed by atoms with van der Waals surface area (Å²) in [6.45, 7) is 1.11. The van der Waals surface area contributed by atoms with Gasteiger partial charge in [0.05, 0.1) is 11.5 Å². The minimum atomic E-state index is -4.36. The minimum absolute atomic E-state index is 0.263. The standard InChI is InChI=1S/C21H21F3N2O2/c22-21(23,24)18-11-5-4-7-15(18)8-6-12-25-13-16-14-26(20(28)19(16)27)17-9-2-1-3-10-17/h1-5,7,9-11,16,25H,6,8,12-14H2. The first-order valence-electron chi connectivity index (χ1n) is 9.14. The van der Waals surface area contributed by atoms with E-state index in [1.165, 1.54) is 17.0 Å². The van der Waals surface area contributed by atoms with E-state index >= 15 is 0 Å². The summed E-state index contributed by atoms with van der Waals surface area (Å²) in [5.41, 5.74) is 0.344. The van der Waals surface area contributed by atoms with Gasteiger partial charge >= 0.3 is 6.18 Å². The number of benzene rings is 2. The fraction of sp³-hybridized carbons (Fsp3) is 0.333. The number of hydrogen-bond acceptors (Lipinski definition) is 3. The summed E-state index contributed by atoms with van der Waals surface area (Å²) < 4.78 is 39.0. The molecule has 1 amide bonds. The molecule has 1 heterocycles. The second-order valence-electron chi connectivity index (χ2n) is 6.78. The van der Waals surface area contributed by atoms with Crippen LogP contribution in [0.5, 0.6) is 0 Å². The summed E-state index contributed by atoms with van der Waals surface area (Å²) in [5.74, 6) is -1.40. The number of carbonyl (C=O) groups is 2. The number of carbonyl (C=O) groups excluding carboxylic acids is 2. The van der Waals surface area contributed by atoms with Crippen molar-refractivity contribution >= 4 is 17.4 Å². The van der Waals surface area contributed by atoms with E-state index in [2.05, 4.69) is 5.32 Å². The van der Waals surface area contributed by atoms with E-state index in [1.54, 1.807) is 30.3 Å². The summed E-state index contributed by atoms with van der Waals surface area (Å²) in [5, 5.41) is 3.10. The largest absolute Gasteiger partial charge is 0.416 e. The molecule has 2 aromatic carbocycles. The average molecular weight is 390 g/mol. The van der Waals surface area contributed by atoms with Gasteiger partial charge < -0.3 is 10.2 Å². The third-order valence-electron chi connectivity index (χ3n) is 4.81. The summed E-state index contributed by atoms with van der Waals surface area (Å²) in [7, 11) is 0. The van der Waals surface area contributed by atoms with Crippen LogP contribution in [0.3, 0.4) is 0 Å². The molecule has 0 saturated carbocycles. The van der Waals surface area contributed by atoms with Gasteiger partial charge in [-0.15, -0.1) is 0 Å². The lowest BCUT2D eigenvalue weighted by atomic mass is 10.0. The van der Waals surface area contributed by atoms with Gasteiger partial charge in [-0.2, -0.15) is 13.2 Å². The highest BCUT2D eigenvalue weighted by molar-refractivity contribution is 6.44. The number of halogens is 3.